The van der Waals surface area contributed by atoms with Crippen LogP contribution in [0.2, 0.25) is 0 Å². The number of nitrogens with one attached hydrogen (secondary N) is 1. The van der Waals surface area contributed by atoms with E-state index >= 15 is 0 Å². The van der Waals surface area contributed by atoms with Crippen molar-refractivity contribution in [2.24, 2.45) is 5.41 Å². The molecule has 0 aliphatic heterocycles. The van der Waals surface area contributed by atoms with E-state index in [1.54, 1.807) is 7.11 Å². The normalized spacial score (nSPS) is 11.4. The van der Waals surface area contributed by atoms with Crippen LogP contribution in [0.4, 0.5) is 0 Å². The molecule has 0 saturated carbocycles. The minimum Gasteiger partial charge on any atom is -0.493 e. The maximum atomic E-state index is 9.01. The molecule has 0 spiro atoms. The molecule has 0 fully saturated rings. The number of aliphatic hydroxyl groups is 1. The van der Waals surface area contributed by atoms with Gasteiger partial charge in [-0.2, -0.15) is 0 Å². The largest absolute Gasteiger partial charge is 0.493 e. The highest BCUT2D eigenvalue weighted by molar-refractivity contribution is 5.42. The Hall–Kier alpha value is -1.26. The van der Waals surface area contributed by atoms with Crippen molar-refractivity contribution in [1.82, 2.24) is 5.32 Å². The van der Waals surface area contributed by atoms with Gasteiger partial charge >= 0.3 is 0 Å². The highest BCUT2D eigenvalue weighted by Crippen LogP contribution is 2.28. The SMILES string of the molecule is CCOc1cc(CNCC(C)(C)CCO)ccc1OC. The summed E-state index contributed by atoms with van der Waals surface area (Å²) in [5.74, 6) is 1.54. The molecule has 1 aromatic carbocycles. The number of hydrogen-bond donors (Lipinski definition) is 2. The van der Waals surface area contributed by atoms with Gasteiger partial charge < -0.3 is 19.9 Å². The molecule has 2 N–H and O–H groups in total. The maximum absolute atomic E-state index is 9.01. The van der Waals surface area contributed by atoms with E-state index in [2.05, 4.69) is 19.2 Å². The van der Waals surface area contributed by atoms with Crippen LogP contribution in [0.3, 0.4) is 0 Å². The first-order chi connectivity index (χ1) is 9.52. The number of aliphatic hydroxyl groups excluding tert-OH is 1. The summed E-state index contributed by atoms with van der Waals surface area (Å²) in [6, 6.07) is 5.97. The highest BCUT2D eigenvalue weighted by Gasteiger charge is 2.16. The molecule has 0 aliphatic carbocycles. The zero-order valence-electron chi connectivity index (χ0n) is 13.0. The molecule has 0 atom stereocenters. The molecule has 20 heavy (non-hydrogen) atoms. The molecule has 114 valence electrons. The van der Waals surface area contributed by atoms with Crippen molar-refractivity contribution >= 4 is 0 Å². The minimum absolute atomic E-state index is 0.101. The Balaban J connectivity index is 2.58. The van der Waals surface area contributed by atoms with E-state index in [4.69, 9.17) is 14.6 Å². The third kappa shape index (κ3) is 5.39. The van der Waals surface area contributed by atoms with Gasteiger partial charge in [-0.05, 0) is 36.5 Å². The number of rotatable bonds is 9. The standard InChI is InChI=1S/C16H27NO3/c1-5-20-15-10-13(6-7-14(15)19-4)11-17-12-16(2,3)8-9-18/h6-7,10,17-18H,5,8-9,11-12H2,1-4H3. The molecule has 0 heterocycles. The molecule has 1 aromatic rings. The average Bonchev–Trinajstić information content (AvgIpc) is 2.39. The summed E-state index contributed by atoms with van der Waals surface area (Å²) in [6.07, 6.45) is 0.798. The van der Waals surface area contributed by atoms with Crippen LogP contribution in [0.15, 0.2) is 18.2 Å². The lowest BCUT2D eigenvalue weighted by Crippen LogP contribution is -2.29. The predicted molar refractivity (Wildman–Crippen MR) is 81.4 cm³/mol. The first-order valence-corrected chi connectivity index (χ1v) is 7.13. The van der Waals surface area contributed by atoms with Crippen molar-refractivity contribution < 1.29 is 14.6 Å². The van der Waals surface area contributed by atoms with Gasteiger partial charge in [-0.3, -0.25) is 0 Å². The molecule has 1 rings (SSSR count). The summed E-state index contributed by atoms with van der Waals surface area (Å²) >= 11 is 0. The van der Waals surface area contributed by atoms with Gasteiger partial charge in [0.1, 0.15) is 0 Å². The van der Waals surface area contributed by atoms with Gasteiger partial charge in [-0.15, -0.1) is 0 Å². The lowest BCUT2D eigenvalue weighted by Gasteiger charge is -2.24. The third-order valence-corrected chi connectivity index (χ3v) is 3.25. The van der Waals surface area contributed by atoms with Crippen molar-refractivity contribution in [1.29, 1.82) is 0 Å². The number of methoxy groups -OCH3 is 1. The van der Waals surface area contributed by atoms with Crippen LogP contribution in [-0.4, -0.2) is 32.0 Å². The molecular formula is C16H27NO3. The van der Waals surface area contributed by atoms with Gasteiger partial charge in [0.25, 0.3) is 0 Å². The summed E-state index contributed by atoms with van der Waals surface area (Å²) in [6.45, 7) is 8.75. The molecule has 0 aromatic heterocycles. The van der Waals surface area contributed by atoms with Gasteiger partial charge in [-0.1, -0.05) is 19.9 Å². The smallest absolute Gasteiger partial charge is 0.161 e. The fourth-order valence-electron chi connectivity index (χ4n) is 2.04. The molecule has 0 aliphatic rings. The summed E-state index contributed by atoms with van der Waals surface area (Å²) in [5, 5.41) is 12.4. The molecule has 4 heteroatoms. The van der Waals surface area contributed by atoms with Crippen LogP contribution in [0.5, 0.6) is 11.5 Å². The van der Waals surface area contributed by atoms with Gasteiger partial charge in [0, 0.05) is 19.7 Å². The molecular weight excluding hydrogens is 254 g/mol. The molecule has 0 saturated heterocycles. The lowest BCUT2D eigenvalue weighted by atomic mass is 9.90. The fraction of sp³-hybridized carbons (Fsp3) is 0.625. The number of benzene rings is 1. The van der Waals surface area contributed by atoms with Gasteiger partial charge in [-0.25, -0.2) is 0 Å². The first-order valence-electron chi connectivity index (χ1n) is 7.13. The number of ether oxygens (including phenoxy) is 2. The second-order valence-corrected chi connectivity index (χ2v) is 5.66. The fourth-order valence-corrected chi connectivity index (χ4v) is 2.04. The Morgan fingerprint density at radius 3 is 2.60 bits per heavy atom. The van der Waals surface area contributed by atoms with Crippen molar-refractivity contribution in [3.05, 3.63) is 23.8 Å². The van der Waals surface area contributed by atoms with Crippen LogP contribution in [0, 0.1) is 5.41 Å². The van der Waals surface area contributed by atoms with Crippen LogP contribution in [-0.2, 0) is 6.54 Å². The van der Waals surface area contributed by atoms with Crippen molar-refractivity contribution in [3.63, 3.8) is 0 Å². The summed E-state index contributed by atoms with van der Waals surface area (Å²) in [4.78, 5) is 0. The van der Waals surface area contributed by atoms with Gasteiger partial charge in [0.15, 0.2) is 11.5 Å². The van der Waals surface area contributed by atoms with Gasteiger partial charge in [0.05, 0.1) is 13.7 Å². The first kappa shape index (κ1) is 16.8. The van der Waals surface area contributed by atoms with E-state index in [1.807, 2.05) is 25.1 Å². The molecule has 0 radical (unpaired) electrons. The summed E-state index contributed by atoms with van der Waals surface area (Å²) < 4.78 is 10.8. The maximum Gasteiger partial charge on any atom is 0.161 e. The van der Waals surface area contributed by atoms with E-state index in [0.717, 1.165) is 36.6 Å². The van der Waals surface area contributed by atoms with Crippen LogP contribution in [0.1, 0.15) is 32.8 Å². The number of hydrogen-bond acceptors (Lipinski definition) is 4. The Kier molecular flexibility index (Phi) is 6.82. The van der Waals surface area contributed by atoms with Crippen LogP contribution in [0.25, 0.3) is 0 Å². The Bertz CT molecular complexity index is 405. The zero-order chi connectivity index (χ0) is 15.0. The Morgan fingerprint density at radius 2 is 2.00 bits per heavy atom. The predicted octanol–water partition coefficient (Wildman–Crippen LogP) is 2.59. The lowest BCUT2D eigenvalue weighted by molar-refractivity contribution is 0.207. The van der Waals surface area contributed by atoms with Crippen LogP contribution < -0.4 is 14.8 Å². The highest BCUT2D eigenvalue weighted by atomic mass is 16.5. The van der Waals surface area contributed by atoms with Crippen molar-refractivity contribution in [3.8, 4) is 11.5 Å². The van der Waals surface area contributed by atoms with Crippen molar-refractivity contribution in [2.75, 3.05) is 26.9 Å². The summed E-state index contributed by atoms with van der Waals surface area (Å²) in [7, 11) is 1.65. The van der Waals surface area contributed by atoms with E-state index in [9.17, 15) is 0 Å². The average molecular weight is 281 g/mol. The van der Waals surface area contributed by atoms with Crippen LogP contribution >= 0.6 is 0 Å². The molecule has 0 amide bonds. The van der Waals surface area contributed by atoms with E-state index < -0.39 is 0 Å². The third-order valence-electron chi connectivity index (χ3n) is 3.25. The molecule has 0 bridgehead atoms. The minimum atomic E-state index is 0.101. The second kappa shape index (κ2) is 8.12. The monoisotopic (exact) mass is 281 g/mol. The summed E-state index contributed by atoms with van der Waals surface area (Å²) in [5.41, 5.74) is 1.26. The molecule has 0 unspecified atom stereocenters. The second-order valence-electron chi connectivity index (χ2n) is 5.66. The zero-order valence-corrected chi connectivity index (χ0v) is 13.0. The van der Waals surface area contributed by atoms with Gasteiger partial charge in [0.2, 0.25) is 0 Å². The van der Waals surface area contributed by atoms with E-state index in [-0.39, 0.29) is 12.0 Å². The van der Waals surface area contributed by atoms with E-state index in [1.165, 1.54) is 0 Å². The Morgan fingerprint density at radius 1 is 1.25 bits per heavy atom. The van der Waals surface area contributed by atoms with E-state index in [0.29, 0.717) is 6.61 Å². The quantitative estimate of drug-likeness (QED) is 0.730. The molecule has 4 nitrogen and oxygen atoms in total. The Labute approximate surface area is 122 Å². The topological polar surface area (TPSA) is 50.7 Å². The van der Waals surface area contributed by atoms with Crippen molar-refractivity contribution in [2.45, 2.75) is 33.7 Å².